The monoisotopic (exact) mass is 832 g/mol. The molecule has 0 amide bonds. The van der Waals surface area contributed by atoms with Crippen molar-refractivity contribution in [2.45, 2.75) is 0 Å². The summed E-state index contributed by atoms with van der Waals surface area (Å²) in [5, 5.41) is 4.63. The van der Waals surface area contributed by atoms with E-state index in [0.717, 1.165) is 88.7 Å². The van der Waals surface area contributed by atoms with Gasteiger partial charge in [-0.1, -0.05) is 127 Å². The van der Waals surface area contributed by atoms with Crippen molar-refractivity contribution in [1.82, 2.24) is 29.1 Å². The first-order chi connectivity index (χ1) is 32.2. The summed E-state index contributed by atoms with van der Waals surface area (Å²) in [5.41, 5.74) is 14.1. The van der Waals surface area contributed by atoms with Crippen LogP contribution in [0.25, 0.3) is 123 Å². The summed E-state index contributed by atoms with van der Waals surface area (Å²) in [5.74, 6) is 2.52. The molecule has 13 rings (SSSR count). The molecule has 13 aromatic rings. The fourth-order valence-electron chi connectivity index (χ4n) is 9.34. The van der Waals surface area contributed by atoms with Crippen molar-refractivity contribution in [3.63, 3.8) is 0 Å². The molecular weight excluding hydrogens is 797 g/mol. The number of aromatic nitrogens is 6. The third-order valence-corrected chi connectivity index (χ3v) is 12.4. The maximum absolute atomic E-state index is 6.63. The highest BCUT2D eigenvalue weighted by Crippen LogP contribution is 2.41. The minimum atomic E-state index is 0.611. The molecule has 65 heavy (non-hydrogen) atoms. The lowest BCUT2D eigenvalue weighted by atomic mass is 10.0. The van der Waals surface area contributed by atoms with Gasteiger partial charge in [-0.2, -0.15) is 0 Å². The zero-order valence-corrected chi connectivity index (χ0v) is 34.9. The van der Waals surface area contributed by atoms with Gasteiger partial charge in [0, 0.05) is 55.2 Å². The lowest BCUT2D eigenvalue weighted by Crippen LogP contribution is -2.00. The molecule has 0 fully saturated rings. The van der Waals surface area contributed by atoms with Crippen molar-refractivity contribution in [3.05, 3.63) is 218 Å². The molecule has 0 bridgehead atoms. The molecule has 0 N–H and O–H groups in total. The Bertz CT molecular complexity index is 3860. The van der Waals surface area contributed by atoms with Crippen LogP contribution in [-0.4, -0.2) is 29.1 Å². The third kappa shape index (κ3) is 6.13. The van der Waals surface area contributed by atoms with Crippen LogP contribution in [0.1, 0.15) is 0 Å². The van der Waals surface area contributed by atoms with Crippen molar-refractivity contribution in [1.29, 1.82) is 0 Å². The molecule has 0 atom stereocenters. The number of hydrogen-bond donors (Lipinski definition) is 0. The van der Waals surface area contributed by atoms with Crippen molar-refractivity contribution in [3.8, 4) is 68.1 Å². The summed E-state index contributed by atoms with van der Waals surface area (Å²) >= 11 is 0. The normalized spacial score (nSPS) is 11.7. The number of hydrogen-bond acceptors (Lipinski definition) is 5. The summed E-state index contributed by atoms with van der Waals surface area (Å²) < 4.78 is 11.3. The van der Waals surface area contributed by atoms with Gasteiger partial charge >= 0.3 is 0 Å². The minimum absolute atomic E-state index is 0.611. The molecule has 4 aromatic heterocycles. The van der Waals surface area contributed by atoms with E-state index in [-0.39, 0.29) is 0 Å². The van der Waals surface area contributed by atoms with Crippen molar-refractivity contribution < 1.29 is 4.42 Å². The van der Waals surface area contributed by atoms with Gasteiger partial charge in [0.05, 0.1) is 22.1 Å². The number of rotatable bonds is 7. The Labute approximate surface area is 373 Å². The van der Waals surface area contributed by atoms with Gasteiger partial charge in [0.25, 0.3) is 0 Å². The molecule has 7 heteroatoms. The SMILES string of the molecule is c1ccc(-c2nc(-c3ccccc3)nc(-c3ccc(-n4c5ccccc5c5cc(-c6ccc7c(c6)c6ccc8nc(-c9ccccc9)oc8c6n7-c6ccccc6)ccc54)cc3)n2)cc1. The summed E-state index contributed by atoms with van der Waals surface area (Å²) in [6, 6.07) is 75.9. The molecule has 0 aliphatic rings. The predicted octanol–water partition coefficient (Wildman–Crippen LogP) is 14.5. The van der Waals surface area contributed by atoms with E-state index < -0.39 is 0 Å². The molecule has 304 valence electrons. The highest BCUT2D eigenvalue weighted by molar-refractivity contribution is 6.18. The molecule has 0 aliphatic carbocycles. The Balaban J connectivity index is 0.921. The van der Waals surface area contributed by atoms with Gasteiger partial charge in [-0.25, -0.2) is 19.9 Å². The van der Waals surface area contributed by atoms with E-state index in [1.54, 1.807) is 0 Å². The van der Waals surface area contributed by atoms with Crippen molar-refractivity contribution in [2.75, 3.05) is 0 Å². The van der Waals surface area contributed by atoms with Gasteiger partial charge in [-0.05, 0) is 102 Å². The summed E-state index contributed by atoms with van der Waals surface area (Å²) in [6.45, 7) is 0. The smallest absolute Gasteiger partial charge is 0.227 e. The molecule has 0 spiro atoms. The molecule has 0 saturated heterocycles. The van der Waals surface area contributed by atoms with Gasteiger partial charge in [0.1, 0.15) is 5.52 Å². The van der Waals surface area contributed by atoms with E-state index in [1.807, 2.05) is 91.0 Å². The molecule has 0 radical (unpaired) electrons. The highest BCUT2D eigenvalue weighted by atomic mass is 16.3. The second kappa shape index (κ2) is 14.9. The Morgan fingerprint density at radius 3 is 1.38 bits per heavy atom. The van der Waals surface area contributed by atoms with Crippen molar-refractivity contribution in [2.24, 2.45) is 0 Å². The molecule has 0 saturated carbocycles. The Hall–Kier alpha value is -8.94. The van der Waals surface area contributed by atoms with E-state index in [0.29, 0.717) is 23.4 Å². The summed E-state index contributed by atoms with van der Waals surface area (Å²) in [7, 11) is 0. The number of benzene rings is 9. The Kier molecular flexibility index (Phi) is 8.39. The first kappa shape index (κ1) is 36.7. The number of oxazole rings is 1. The average Bonchev–Trinajstić information content (AvgIpc) is 4.07. The van der Waals surface area contributed by atoms with Crippen LogP contribution in [0.5, 0.6) is 0 Å². The van der Waals surface area contributed by atoms with Gasteiger partial charge in [0.2, 0.25) is 5.89 Å². The maximum Gasteiger partial charge on any atom is 0.227 e. The lowest BCUT2D eigenvalue weighted by Gasteiger charge is -2.11. The topological polar surface area (TPSA) is 74.6 Å². The number of fused-ring (bicyclic) bond motifs is 8. The second-order valence-corrected chi connectivity index (χ2v) is 16.3. The molecular formula is C58H36N6O. The first-order valence-electron chi connectivity index (χ1n) is 21.7. The van der Waals surface area contributed by atoms with Crippen LogP contribution in [-0.2, 0) is 0 Å². The molecule has 7 nitrogen and oxygen atoms in total. The van der Waals surface area contributed by atoms with Crippen LogP contribution in [0.15, 0.2) is 223 Å². The molecule has 4 heterocycles. The van der Waals surface area contributed by atoms with Crippen LogP contribution in [0.2, 0.25) is 0 Å². The Morgan fingerprint density at radius 2 is 0.769 bits per heavy atom. The first-order valence-corrected chi connectivity index (χ1v) is 21.7. The summed E-state index contributed by atoms with van der Waals surface area (Å²) in [6.07, 6.45) is 0. The minimum Gasteiger partial charge on any atom is -0.434 e. The van der Waals surface area contributed by atoms with E-state index >= 15 is 0 Å². The largest absolute Gasteiger partial charge is 0.434 e. The van der Waals surface area contributed by atoms with E-state index in [9.17, 15) is 0 Å². The fraction of sp³-hybridized carbons (Fsp3) is 0. The maximum atomic E-state index is 6.63. The standard InChI is InChI=1S/C58H36N6O/c1-5-15-37(16-6-1)55-60-56(38-17-7-2-8-18-38)62-57(61-55)39-25-29-44(30-26-39)63-50-24-14-13-23-45(50)47-35-41(27-33-51(47)63)42-28-34-52-48(36-42)46-31-32-49-54(53(46)64(52)43-21-11-4-12-22-43)65-58(59-49)40-19-9-3-10-20-40/h1-36H. The van der Waals surface area contributed by atoms with Gasteiger partial charge in [-0.3, -0.25) is 0 Å². The average molecular weight is 833 g/mol. The Morgan fingerprint density at radius 1 is 0.308 bits per heavy atom. The third-order valence-electron chi connectivity index (χ3n) is 12.4. The van der Waals surface area contributed by atoms with Gasteiger partial charge in [0.15, 0.2) is 23.1 Å². The van der Waals surface area contributed by atoms with E-state index in [2.05, 4.69) is 137 Å². The van der Waals surface area contributed by atoms with Gasteiger partial charge in [-0.15, -0.1) is 0 Å². The van der Waals surface area contributed by atoms with E-state index in [4.69, 9.17) is 24.4 Å². The lowest BCUT2D eigenvalue weighted by molar-refractivity contribution is 0.622. The van der Waals surface area contributed by atoms with Crippen LogP contribution in [0.4, 0.5) is 0 Å². The number of nitrogens with zero attached hydrogens (tertiary/aromatic N) is 6. The van der Waals surface area contributed by atoms with E-state index in [1.165, 1.54) is 10.8 Å². The van der Waals surface area contributed by atoms with Crippen LogP contribution >= 0.6 is 0 Å². The zero-order valence-electron chi connectivity index (χ0n) is 34.9. The molecule has 0 unspecified atom stereocenters. The quantitative estimate of drug-likeness (QED) is 0.160. The number of para-hydroxylation sites is 2. The van der Waals surface area contributed by atoms with Crippen molar-refractivity contribution >= 4 is 54.7 Å². The second-order valence-electron chi connectivity index (χ2n) is 16.3. The molecule has 9 aromatic carbocycles. The van der Waals surface area contributed by atoms with Crippen LogP contribution in [0, 0.1) is 0 Å². The summed E-state index contributed by atoms with van der Waals surface area (Å²) in [4.78, 5) is 19.8. The predicted molar refractivity (Wildman–Crippen MR) is 263 cm³/mol. The molecule has 0 aliphatic heterocycles. The van der Waals surface area contributed by atoms with Crippen LogP contribution < -0.4 is 0 Å². The van der Waals surface area contributed by atoms with Gasteiger partial charge < -0.3 is 13.6 Å². The van der Waals surface area contributed by atoms with Crippen LogP contribution in [0.3, 0.4) is 0 Å². The zero-order chi connectivity index (χ0) is 42.8. The fourth-order valence-corrected chi connectivity index (χ4v) is 9.34. The highest BCUT2D eigenvalue weighted by Gasteiger charge is 2.21.